The fraction of sp³-hybridized carbons (Fsp3) is 0.333. The molecule has 1 rings (SSSR count). The monoisotopic (exact) mass is 225 g/mol. The molecule has 1 aromatic rings. The molecule has 0 saturated heterocycles. The quantitative estimate of drug-likeness (QED) is 0.837. The van der Waals surface area contributed by atoms with Crippen molar-refractivity contribution in [3.8, 4) is 6.07 Å². The summed E-state index contributed by atoms with van der Waals surface area (Å²) in [6.07, 6.45) is 1.43. The molecule has 0 bridgehead atoms. The van der Waals surface area contributed by atoms with Crippen molar-refractivity contribution in [2.45, 2.75) is 13.8 Å². The fourth-order valence-corrected chi connectivity index (χ4v) is 1.58. The van der Waals surface area contributed by atoms with E-state index in [1.807, 2.05) is 6.07 Å². The predicted molar refractivity (Wildman–Crippen MR) is 57.1 cm³/mol. The molecule has 1 unspecified atom stereocenters. The standard InChI is InChI=1S/C9H11N3O2S/c1-3-14-15(13)12-9-4-7(2)11-6-8(9)5-10/h4,6H,3H2,1-2H3,(H,11,12). The van der Waals surface area contributed by atoms with E-state index in [9.17, 15) is 4.21 Å². The van der Waals surface area contributed by atoms with Crippen molar-refractivity contribution in [3.63, 3.8) is 0 Å². The molecule has 1 N–H and O–H groups in total. The number of hydrogen-bond acceptors (Lipinski definition) is 4. The second-order valence-corrected chi connectivity index (χ2v) is 3.64. The molecule has 1 atom stereocenters. The number of rotatable bonds is 4. The van der Waals surface area contributed by atoms with Gasteiger partial charge < -0.3 is 0 Å². The molecule has 1 heterocycles. The number of nitrogens with one attached hydrogen (secondary N) is 1. The Morgan fingerprint density at radius 1 is 1.73 bits per heavy atom. The lowest BCUT2D eigenvalue weighted by atomic mass is 10.2. The van der Waals surface area contributed by atoms with E-state index in [0.29, 0.717) is 17.9 Å². The Kier molecular flexibility index (Phi) is 4.21. The van der Waals surface area contributed by atoms with Crippen LogP contribution in [0, 0.1) is 18.3 Å². The van der Waals surface area contributed by atoms with E-state index < -0.39 is 11.3 Å². The molecule has 0 saturated carbocycles. The summed E-state index contributed by atoms with van der Waals surface area (Å²) < 4.78 is 18.6. The van der Waals surface area contributed by atoms with Crippen LogP contribution < -0.4 is 4.72 Å². The van der Waals surface area contributed by atoms with E-state index in [2.05, 4.69) is 9.71 Å². The number of aromatic nitrogens is 1. The molecule has 0 aliphatic carbocycles. The number of nitrogens with zero attached hydrogens (tertiary/aromatic N) is 2. The van der Waals surface area contributed by atoms with Crippen LogP contribution in [0.5, 0.6) is 0 Å². The van der Waals surface area contributed by atoms with Crippen molar-refractivity contribution in [1.82, 2.24) is 4.98 Å². The molecule has 0 spiro atoms. The van der Waals surface area contributed by atoms with Gasteiger partial charge in [-0.3, -0.25) is 13.9 Å². The van der Waals surface area contributed by atoms with Crippen molar-refractivity contribution < 1.29 is 8.39 Å². The van der Waals surface area contributed by atoms with Gasteiger partial charge >= 0.3 is 0 Å². The van der Waals surface area contributed by atoms with E-state index in [1.54, 1.807) is 19.9 Å². The number of nitriles is 1. The highest BCUT2D eigenvalue weighted by atomic mass is 32.2. The van der Waals surface area contributed by atoms with Gasteiger partial charge in [0.25, 0.3) is 11.3 Å². The lowest BCUT2D eigenvalue weighted by molar-refractivity contribution is 0.374. The first kappa shape index (κ1) is 11.6. The lowest BCUT2D eigenvalue weighted by Crippen LogP contribution is -2.09. The molecule has 0 aliphatic rings. The molecule has 0 amide bonds. The highest BCUT2D eigenvalue weighted by Gasteiger charge is 2.06. The fourth-order valence-electron chi connectivity index (χ4n) is 0.960. The van der Waals surface area contributed by atoms with Crippen molar-refractivity contribution in [3.05, 3.63) is 23.5 Å². The van der Waals surface area contributed by atoms with Crippen LogP contribution in [0.4, 0.5) is 5.69 Å². The predicted octanol–water partition coefficient (Wildman–Crippen LogP) is 1.29. The normalized spacial score (nSPS) is 11.8. The van der Waals surface area contributed by atoms with Gasteiger partial charge in [0.15, 0.2) is 0 Å². The second-order valence-electron chi connectivity index (χ2n) is 2.73. The van der Waals surface area contributed by atoms with Gasteiger partial charge in [0.05, 0.1) is 17.9 Å². The summed E-state index contributed by atoms with van der Waals surface area (Å²) in [6, 6.07) is 3.60. The minimum Gasteiger partial charge on any atom is -0.281 e. The first-order valence-corrected chi connectivity index (χ1v) is 5.43. The van der Waals surface area contributed by atoms with Gasteiger partial charge in [-0.2, -0.15) is 5.26 Å². The Morgan fingerprint density at radius 3 is 3.07 bits per heavy atom. The van der Waals surface area contributed by atoms with Crippen molar-refractivity contribution >= 4 is 17.0 Å². The lowest BCUT2D eigenvalue weighted by Gasteiger charge is -2.06. The summed E-state index contributed by atoms with van der Waals surface area (Å²) in [4.78, 5) is 3.96. The average molecular weight is 225 g/mol. The maximum absolute atomic E-state index is 11.2. The molecule has 6 heteroatoms. The van der Waals surface area contributed by atoms with Crippen LogP contribution in [0.25, 0.3) is 0 Å². The zero-order chi connectivity index (χ0) is 11.3. The van der Waals surface area contributed by atoms with Gasteiger partial charge in [0.1, 0.15) is 6.07 Å². The molecule has 0 radical (unpaired) electrons. The van der Waals surface area contributed by atoms with E-state index in [0.717, 1.165) is 5.69 Å². The second kappa shape index (κ2) is 5.44. The van der Waals surface area contributed by atoms with Crippen LogP contribution in [-0.2, 0) is 15.4 Å². The third-order valence-electron chi connectivity index (χ3n) is 1.58. The number of pyridine rings is 1. The molecule has 0 aromatic carbocycles. The van der Waals surface area contributed by atoms with Crippen molar-refractivity contribution in [2.24, 2.45) is 0 Å². The summed E-state index contributed by atoms with van der Waals surface area (Å²) >= 11 is -1.62. The summed E-state index contributed by atoms with van der Waals surface area (Å²) in [5.41, 5.74) is 1.55. The molecular formula is C9H11N3O2S. The van der Waals surface area contributed by atoms with Gasteiger partial charge in [0.2, 0.25) is 0 Å². The van der Waals surface area contributed by atoms with Gasteiger partial charge in [-0.1, -0.05) is 0 Å². The highest BCUT2D eigenvalue weighted by molar-refractivity contribution is 7.81. The number of anilines is 1. The Morgan fingerprint density at radius 2 is 2.47 bits per heavy atom. The summed E-state index contributed by atoms with van der Waals surface area (Å²) in [5, 5.41) is 8.78. The maximum Gasteiger partial charge on any atom is 0.261 e. The van der Waals surface area contributed by atoms with Crippen LogP contribution in [0.15, 0.2) is 12.3 Å². The van der Waals surface area contributed by atoms with Gasteiger partial charge in [0, 0.05) is 11.9 Å². The first-order valence-electron chi connectivity index (χ1n) is 4.35. The van der Waals surface area contributed by atoms with Gasteiger partial charge in [-0.05, 0) is 19.9 Å². The van der Waals surface area contributed by atoms with E-state index >= 15 is 0 Å². The minimum absolute atomic E-state index is 0.339. The third kappa shape index (κ3) is 3.31. The average Bonchev–Trinajstić information content (AvgIpc) is 2.18. The van der Waals surface area contributed by atoms with Crippen molar-refractivity contribution in [2.75, 3.05) is 11.3 Å². The molecule has 0 aliphatic heterocycles. The molecule has 1 aromatic heterocycles. The maximum atomic E-state index is 11.2. The molecule has 15 heavy (non-hydrogen) atoms. The molecule has 5 nitrogen and oxygen atoms in total. The van der Waals surface area contributed by atoms with Crippen LogP contribution in [-0.4, -0.2) is 15.8 Å². The topological polar surface area (TPSA) is 75.0 Å². The Balaban J connectivity index is 2.88. The smallest absolute Gasteiger partial charge is 0.261 e. The Hall–Kier alpha value is -1.45. The van der Waals surface area contributed by atoms with E-state index in [4.69, 9.17) is 9.44 Å². The molecular weight excluding hydrogens is 214 g/mol. The van der Waals surface area contributed by atoms with Crippen LogP contribution in [0.3, 0.4) is 0 Å². The minimum atomic E-state index is -1.62. The number of hydrogen-bond donors (Lipinski definition) is 1. The van der Waals surface area contributed by atoms with Crippen LogP contribution >= 0.6 is 0 Å². The largest absolute Gasteiger partial charge is 0.281 e. The summed E-state index contributed by atoms with van der Waals surface area (Å²) in [5.74, 6) is 0. The van der Waals surface area contributed by atoms with Crippen LogP contribution in [0.2, 0.25) is 0 Å². The van der Waals surface area contributed by atoms with E-state index in [1.165, 1.54) is 6.20 Å². The Labute approximate surface area is 90.9 Å². The first-order chi connectivity index (χ1) is 7.17. The Bertz CT molecular complexity index is 414. The zero-order valence-electron chi connectivity index (χ0n) is 8.48. The number of aryl methyl sites for hydroxylation is 1. The van der Waals surface area contributed by atoms with Gasteiger partial charge in [-0.15, -0.1) is 0 Å². The van der Waals surface area contributed by atoms with Crippen LogP contribution in [0.1, 0.15) is 18.2 Å². The zero-order valence-corrected chi connectivity index (χ0v) is 9.30. The highest BCUT2D eigenvalue weighted by Crippen LogP contribution is 2.15. The molecule has 80 valence electrons. The summed E-state index contributed by atoms with van der Waals surface area (Å²) in [7, 11) is 0. The van der Waals surface area contributed by atoms with Gasteiger partial charge in [-0.25, -0.2) is 4.21 Å². The molecule has 0 fully saturated rings. The van der Waals surface area contributed by atoms with Crippen molar-refractivity contribution in [1.29, 1.82) is 5.26 Å². The SMILES string of the molecule is CCOS(=O)Nc1cc(C)ncc1C#N. The van der Waals surface area contributed by atoms with E-state index in [-0.39, 0.29) is 0 Å². The summed E-state index contributed by atoms with van der Waals surface area (Å²) in [6.45, 7) is 3.87. The third-order valence-corrected chi connectivity index (χ3v) is 2.42.